The Morgan fingerprint density at radius 1 is 1.00 bits per heavy atom. The molecule has 0 saturated carbocycles. The largest absolute Gasteiger partial charge is 0.296 e. The molecule has 1 aromatic carbocycles. The predicted octanol–water partition coefficient (Wildman–Crippen LogP) is 4.18. The summed E-state index contributed by atoms with van der Waals surface area (Å²) in [5.41, 5.74) is 2.76. The third-order valence-electron chi connectivity index (χ3n) is 6.18. The molecule has 0 amide bonds. The lowest BCUT2D eigenvalue weighted by atomic mass is 9.97. The van der Waals surface area contributed by atoms with Crippen molar-refractivity contribution >= 4 is 21.6 Å². The molecule has 0 N–H and O–H groups in total. The number of rotatable bonds is 5. The van der Waals surface area contributed by atoms with Crippen LogP contribution in [0, 0.1) is 0 Å². The molecule has 4 nitrogen and oxygen atoms in total. The molecule has 1 aliphatic carbocycles. The number of hydrogen-bond acceptors (Lipinski definition) is 4. The van der Waals surface area contributed by atoms with E-state index >= 15 is 0 Å². The van der Waals surface area contributed by atoms with Crippen LogP contribution in [0.25, 0.3) is 10.2 Å². The minimum Gasteiger partial charge on any atom is -0.296 e. The first-order chi connectivity index (χ1) is 13.8. The van der Waals surface area contributed by atoms with E-state index in [-0.39, 0.29) is 5.56 Å². The maximum absolute atomic E-state index is 13.6. The maximum Gasteiger partial charge on any atom is 0.262 e. The molecule has 0 spiro atoms. The molecule has 2 aromatic heterocycles. The Hall–Kier alpha value is -1.98. The number of aromatic nitrogens is 2. The Kier molecular flexibility index (Phi) is 5.03. The van der Waals surface area contributed by atoms with Gasteiger partial charge in [0.25, 0.3) is 5.56 Å². The molecule has 0 radical (unpaired) electrons. The standard InChI is InChI=1S/C23H27N3OS/c27-23-21-18-10-4-5-11-19(18)28-22(21)24-20(16-25-13-6-7-14-25)26(23)15-12-17-8-2-1-3-9-17/h1-3,8-9H,4-7,10-16H2. The first kappa shape index (κ1) is 18.1. The van der Waals surface area contributed by atoms with Gasteiger partial charge in [0.15, 0.2) is 0 Å². The van der Waals surface area contributed by atoms with E-state index in [0.717, 1.165) is 54.9 Å². The number of aryl methyl sites for hydroxylation is 3. The van der Waals surface area contributed by atoms with E-state index in [1.807, 2.05) is 10.6 Å². The third kappa shape index (κ3) is 3.42. The number of nitrogens with zero attached hydrogens (tertiary/aromatic N) is 3. The normalized spacial score (nSPS) is 17.3. The topological polar surface area (TPSA) is 38.1 Å². The molecule has 2 aliphatic rings. The lowest BCUT2D eigenvalue weighted by Crippen LogP contribution is -2.30. The second-order valence-corrected chi connectivity index (χ2v) is 9.18. The van der Waals surface area contributed by atoms with Gasteiger partial charge in [0.2, 0.25) is 0 Å². The van der Waals surface area contributed by atoms with Gasteiger partial charge in [0.05, 0.1) is 11.9 Å². The van der Waals surface area contributed by atoms with Crippen molar-refractivity contribution in [3.8, 4) is 0 Å². The fraction of sp³-hybridized carbons (Fsp3) is 0.478. The van der Waals surface area contributed by atoms with Crippen LogP contribution in [0.5, 0.6) is 0 Å². The van der Waals surface area contributed by atoms with Gasteiger partial charge < -0.3 is 0 Å². The van der Waals surface area contributed by atoms with Gasteiger partial charge >= 0.3 is 0 Å². The van der Waals surface area contributed by atoms with E-state index in [0.29, 0.717) is 6.54 Å². The van der Waals surface area contributed by atoms with Crippen LogP contribution in [0.2, 0.25) is 0 Å². The molecule has 1 saturated heterocycles. The highest BCUT2D eigenvalue weighted by Crippen LogP contribution is 2.34. The summed E-state index contributed by atoms with van der Waals surface area (Å²) in [6, 6.07) is 10.5. The summed E-state index contributed by atoms with van der Waals surface area (Å²) in [6.07, 6.45) is 7.96. The van der Waals surface area contributed by atoms with Crippen molar-refractivity contribution in [3.05, 3.63) is 62.5 Å². The van der Waals surface area contributed by atoms with Crippen LogP contribution in [-0.2, 0) is 32.4 Å². The van der Waals surface area contributed by atoms with Gasteiger partial charge in [0.1, 0.15) is 10.7 Å². The molecule has 0 atom stereocenters. The zero-order chi connectivity index (χ0) is 18.9. The summed E-state index contributed by atoms with van der Waals surface area (Å²) in [7, 11) is 0. The summed E-state index contributed by atoms with van der Waals surface area (Å²) in [6.45, 7) is 3.74. The van der Waals surface area contributed by atoms with Crippen molar-refractivity contribution in [2.45, 2.75) is 58.0 Å². The highest BCUT2D eigenvalue weighted by Gasteiger charge is 2.23. The van der Waals surface area contributed by atoms with Crippen molar-refractivity contribution in [1.29, 1.82) is 0 Å². The number of fused-ring (bicyclic) bond motifs is 3. The van der Waals surface area contributed by atoms with Gasteiger partial charge in [-0.15, -0.1) is 11.3 Å². The Labute approximate surface area is 169 Å². The van der Waals surface area contributed by atoms with Gasteiger partial charge in [0, 0.05) is 11.4 Å². The molecule has 0 unspecified atom stereocenters. The molecule has 3 heterocycles. The SMILES string of the molecule is O=c1c2c3c(sc2nc(CN2CCCC2)n1CCc1ccccc1)CCCC3. The van der Waals surface area contributed by atoms with Gasteiger partial charge in [-0.25, -0.2) is 4.98 Å². The van der Waals surface area contributed by atoms with E-state index in [2.05, 4.69) is 29.2 Å². The maximum atomic E-state index is 13.6. The van der Waals surface area contributed by atoms with Crippen molar-refractivity contribution in [2.24, 2.45) is 0 Å². The van der Waals surface area contributed by atoms with Crippen molar-refractivity contribution in [3.63, 3.8) is 0 Å². The van der Waals surface area contributed by atoms with Gasteiger partial charge in [-0.05, 0) is 69.2 Å². The van der Waals surface area contributed by atoms with Crippen LogP contribution in [0.3, 0.4) is 0 Å². The molecule has 1 fully saturated rings. The smallest absolute Gasteiger partial charge is 0.262 e. The zero-order valence-electron chi connectivity index (χ0n) is 16.3. The van der Waals surface area contributed by atoms with Gasteiger partial charge in [-0.3, -0.25) is 14.3 Å². The van der Waals surface area contributed by atoms with E-state index in [1.54, 1.807) is 11.3 Å². The van der Waals surface area contributed by atoms with Crippen LogP contribution in [-0.4, -0.2) is 27.5 Å². The summed E-state index contributed by atoms with van der Waals surface area (Å²) in [4.78, 5) is 23.5. The van der Waals surface area contributed by atoms with Gasteiger partial charge in [-0.2, -0.15) is 0 Å². The van der Waals surface area contributed by atoms with E-state index in [1.165, 1.54) is 41.7 Å². The number of hydrogen-bond donors (Lipinski definition) is 0. The molecule has 0 bridgehead atoms. The molecule has 1 aliphatic heterocycles. The van der Waals surface area contributed by atoms with Gasteiger partial charge in [-0.1, -0.05) is 30.3 Å². The van der Waals surface area contributed by atoms with Crippen molar-refractivity contribution in [2.75, 3.05) is 13.1 Å². The number of likely N-dealkylation sites (tertiary alicyclic amines) is 1. The lowest BCUT2D eigenvalue weighted by molar-refractivity contribution is 0.314. The molecule has 5 heteroatoms. The van der Waals surface area contributed by atoms with Crippen LogP contribution in [0.1, 0.15) is 47.5 Å². The number of thiophene rings is 1. The van der Waals surface area contributed by atoms with E-state index in [4.69, 9.17) is 4.98 Å². The van der Waals surface area contributed by atoms with E-state index in [9.17, 15) is 4.79 Å². The first-order valence-corrected chi connectivity index (χ1v) is 11.4. The average molecular weight is 394 g/mol. The quantitative estimate of drug-likeness (QED) is 0.653. The second kappa shape index (κ2) is 7.80. The summed E-state index contributed by atoms with van der Waals surface area (Å²) in [5, 5.41) is 0.915. The fourth-order valence-electron chi connectivity index (χ4n) is 4.66. The minimum atomic E-state index is 0.189. The molecule has 3 aromatic rings. The fourth-order valence-corrected chi connectivity index (χ4v) is 5.93. The van der Waals surface area contributed by atoms with Crippen LogP contribution in [0.4, 0.5) is 0 Å². The Morgan fingerprint density at radius 2 is 1.79 bits per heavy atom. The van der Waals surface area contributed by atoms with Crippen molar-refractivity contribution < 1.29 is 0 Å². The van der Waals surface area contributed by atoms with Crippen LogP contribution in [0.15, 0.2) is 35.1 Å². The molecule has 5 rings (SSSR count). The molecule has 28 heavy (non-hydrogen) atoms. The lowest BCUT2D eigenvalue weighted by Gasteiger charge is -2.18. The van der Waals surface area contributed by atoms with E-state index < -0.39 is 0 Å². The molecule has 146 valence electrons. The monoisotopic (exact) mass is 393 g/mol. The first-order valence-electron chi connectivity index (χ1n) is 10.6. The second-order valence-electron chi connectivity index (χ2n) is 8.09. The summed E-state index contributed by atoms with van der Waals surface area (Å²) >= 11 is 1.77. The minimum absolute atomic E-state index is 0.189. The highest BCUT2D eigenvalue weighted by molar-refractivity contribution is 7.18. The Balaban J connectivity index is 1.57. The highest BCUT2D eigenvalue weighted by atomic mass is 32.1. The van der Waals surface area contributed by atoms with Crippen molar-refractivity contribution in [1.82, 2.24) is 14.5 Å². The number of benzene rings is 1. The summed E-state index contributed by atoms with van der Waals surface area (Å²) in [5.74, 6) is 0.953. The Morgan fingerprint density at radius 3 is 2.61 bits per heavy atom. The van der Waals surface area contributed by atoms with Crippen LogP contribution < -0.4 is 5.56 Å². The Bertz CT molecular complexity index is 1030. The molecular formula is C23H27N3OS. The molecular weight excluding hydrogens is 366 g/mol. The van der Waals surface area contributed by atoms with Crippen LogP contribution >= 0.6 is 11.3 Å². The third-order valence-corrected chi connectivity index (χ3v) is 7.37. The average Bonchev–Trinajstić information content (AvgIpc) is 3.35. The summed E-state index contributed by atoms with van der Waals surface area (Å²) < 4.78 is 1.98. The predicted molar refractivity (Wildman–Crippen MR) is 115 cm³/mol. The zero-order valence-corrected chi connectivity index (χ0v) is 17.1.